The van der Waals surface area contributed by atoms with Crippen LogP contribution in [0.2, 0.25) is 0 Å². The van der Waals surface area contributed by atoms with Gasteiger partial charge in [0, 0.05) is 17.8 Å². The number of methoxy groups -OCH3 is 1. The number of carbonyl (C=O) groups excluding carboxylic acids is 3. The Balaban J connectivity index is 1.48. The molecule has 0 aliphatic carbocycles. The Morgan fingerprint density at radius 2 is 1.59 bits per heavy atom. The highest BCUT2D eigenvalue weighted by molar-refractivity contribution is 8.15. The van der Waals surface area contributed by atoms with Gasteiger partial charge in [0.15, 0.2) is 0 Å². The normalized spacial score (nSPS) is 15.6. The van der Waals surface area contributed by atoms with Gasteiger partial charge in [0.2, 0.25) is 11.8 Å². The van der Waals surface area contributed by atoms with Gasteiger partial charge in [0.25, 0.3) is 5.91 Å². The number of hydrogen-bond donors (Lipinski definition) is 2. The monoisotopic (exact) mass is 411 g/mol. The van der Waals surface area contributed by atoms with Crippen LogP contribution >= 0.6 is 11.8 Å². The van der Waals surface area contributed by atoms with Crippen LogP contribution in [-0.2, 0) is 14.4 Å². The van der Waals surface area contributed by atoms with Crippen molar-refractivity contribution in [1.82, 2.24) is 0 Å². The van der Waals surface area contributed by atoms with Crippen molar-refractivity contribution < 1.29 is 19.1 Å². The summed E-state index contributed by atoms with van der Waals surface area (Å²) in [5, 5.41) is 5.32. The van der Waals surface area contributed by atoms with Crippen molar-refractivity contribution >= 4 is 45.9 Å². The molecule has 2 aromatic rings. The molecule has 3 rings (SSSR count). The fourth-order valence-electron chi connectivity index (χ4n) is 2.68. The zero-order valence-electron chi connectivity index (χ0n) is 16.1. The van der Waals surface area contributed by atoms with Gasteiger partial charge < -0.3 is 15.4 Å². The van der Waals surface area contributed by atoms with E-state index in [9.17, 15) is 14.4 Å². The first-order valence-electron chi connectivity index (χ1n) is 9.01. The maximum Gasteiger partial charge on any atom is 0.260 e. The van der Waals surface area contributed by atoms with E-state index in [0.29, 0.717) is 22.2 Å². The number of aliphatic imine (C=N–C) groups is 1. The maximum atomic E-state index is 12.2. The van der Waals surface area contributed by atoms with Crippen molar-refractivity contribution in [3.63, 3.8) is 0 Å². The molecule has 8 heteroatoms. The standard InChI is InChI=1S/C21H21N3O4S/c1-13-3-5-14(6-4-13)23-19(26)12-20-24-21(27)17(29-20)11-18(25)22-15-7-9-16(28-2)10-8-15/h3-10,17H,11-12H2,1-2H3,(H,22,25)(H,23,26). The number of benzene rings is 2. The Morgan fingerprint density at radius 3 is 2.21 bits per heavy atom. The number of thioether (sulfide) groups is 1. The smallest absolute Gasteiger partial charge is 0.260 e. The van der Waals surface area contributed by atoms with Gasteiger partial charge >= 0.3 is 0 Å². The third-order valence-corrected chi connectivity index (χ3v) is 5.34. The molecule has 0 fully saturated rings. The van der Waals surface area contributed by atoms with Crippen LogP contribution in [0.4, 0.5) is 11.4 Å². The van der Waals surface area contributed by atoms with E-state index in [1.165, 1.54) is 0 Å². The summed E-state index contributed by atoms with van der Waals surface area (Å²) >= 11 is 1.16. The first-order valence-corrected chi connectivity index (χ1v) is 9.89. The number of amides is 3. The van der Waals surface area contributed by atoms with E-state index >= 15 is 0 Å². The zero-order valence-corrected chi connectivity index (χ0v) is 16.9. The largest absolute Gasteiger partial charge is 0.497 e. The Morgan fingerprint density at radius 1 is 1.00 bits per heavy atom. The van der Waals surface area contributed by atoms with Crippen LogP contribution in [0, 0.1) is 6.92 Å². The van der Waals surface area contributed by atoms with Gasteiger partial charge in [-0.3, -0.25) is 14.4 Å². The number of hydrogen-bond acceptors (Lipinski definition) is 5. The molecule has 1 heterocycles. The van der Waals surface area contributed by atoms with E-state index in [-0.39, 0.29) is 24.7 Å². The molecule has 0 saturated heterocycles. The lowest BCUT2D eigenvalue weighted by Gasteiger charge is -2.09. The number of rotatable bonds is 7. The van der Waals surface area contributed by atoms with Crippen LogP contribution in [0.1, 0.15) is 18.4 Å². The quantitative estimate of drug-likeness (QED) is 0.728. The number of ether oxygens (including phenoxy) is 1. The summed E-state index contributed by atoms with van der Waals surface area (Å²) in [5.74, 6) is -0.248. The third kappa shape index (κ3) is 5.92. The van der Waals surface area contributed by atoms with Crippen LogP contribution < -0.4 is 15.4 Å². The predicted molar refractivity (Wildman–Crippen MR) is 114 cm³/mol. The molecule has 0 bridgehead atoms. The lowest BCUT2D eigenvalue weighted by molar-refractivity contribution is -0.121. The van der Waals surface area contributed by atoms with Gasteiger partial charge in [-0.1, -0.05) is 29.5 Å². The first-order chi connectivity index (χ1) is 13.9. The molecular weight excluding hydrogens is 390 g/mol. The Hall–Kier alpha value is -3.13. The fourth-order valence-corrected chi connectivity index (χ4v) is 3.75. The highest BCUT2D eigenvalue weighted by Crippen LogP contribution is 2.27. The van der Waals surface area contributed by atoms with Crippen LogP contribution in [-0.4, -0.2) is 35.1 Å². The summed E-state index contributed by atoms with van der Waals surface area (Å²) in [6.07, 6.45) is -0.0109. The second-order valence-corrected chi connectivity index (χ2v) is 7.80. The molecular formula is C21H21N3O4S. The number of aryl methyl sites for hydroxylation is 1. The summed E-state index contributed by atoms with van der Waals surface area (Å²) in [6, 6.07) is 14.3. The third-order valence-electron chi connectivity index (χ3n) is 4.18. The highest BCUT2D eigenvalue weighted by Gasteiger charge is 2.31. The minimum atomic E-state index is -0.615. The average molecular weight is 411 g/mol. The number of nitrogens with one attached hydrogen (secondary N) is 2. The molecule has 1 unspecified atom stereocenters. The summed E-state index contributed by atoms with van der Waals surface area (Å²) in [6.45, 7) is 1.96. The molecule has 1 atom stereocenters. The van der Waals surface area contributed by atoms with Gasteiger partial charge in [-0.25, -0.2) is 4.99 Å². The highest BCUT2D eigenvalue weighted by atomic mass is 32.2. The van der Waals surface area contributed by atoms with Crippen molar-refractivity contribution in [2.45, 2.75) is 25.0 Å². The Kier molecular flexibility index (Phi) is 6.66. The molecule has 0 spiro atoms. The van der Waals surface area contributed by atoms with E-state index in [1.807, 2.05) is 31.2 Å². The minimum Gasteiger partial charge on any atom is -0.497 e. The van der Waals surface area contributed by atoms with Gasteiger partial charge in [0.05, 0.1) is 18.6 Å². The summed E-state index contributed by atoms with van der Waals surface area (Å²) in [5.41, 5.74) is 2.40. The topological polar surface area (TPSA) is 96.9 Å². The van der Waals surface area contributed by atoms with Crippen molar-refractivity contribution in [1.29, 1.82) is 0 Å². The molecule has 29 heavy (non-hydrogen) atoms. The van der Waals surface area contributed by atoms with Crippen LogP contribution in [0.3, 0.4) is 0 Å². The molecule has 1 aliphatic heterocycles. The summed E-state index contributed by atoms with van der Waals surface area (Å²) < 4.78 is 5.07. The van der Waals surface area contributed by atoms with Crippen LogP contribution in [0.25, 0.3) is 0 Å². The SMILES string of the molecule is COc1ccc(NC(=O)CC2SC(CC(=O)Nc3ccc(C)cc3)=NC2=O)cc1. The molecule has 3 amide bonds. The minimum absolute atomic E-state index is 0.000875. The van der Waals surface area contributed by atoms with Crippen molar-refractivity contribution in [2.24, 2.45) is 4.99 Å². The number of anilines is 2. The van der Waals surface area contributed by atoms with Crippen molar-refractivity contribution in [2.75, 3.05) is 17.7 Å². The lowest BCUT2D eigenvalue weighted by atomic mass is 10.2. The summed E-state index contributed by atoms with van der Waals surface area (Å²) in [4.78, 5) is 40.4. The lowest BCUT2D eigenvalue weighted by Crippen LogP contribution is -2.21. The van der Waals surface area contributed by atoms with E-state index in [1.54, 1.807) is 31.4 Å². The second-order valence-electron chi connectivity index (χ2n) is 6.52. The number of nitrogens with zero attached hydrogens (tertiary/aromatic N) is 1. The second kappa shape index (κ2) is 9.38. The zero-order chi connectivity index (χ0) is 20.8. The first kappa shape index (κ1) is 20.6. The molecule has 7 nitrogen and oxygen atoms in total. The van der Waals surface area contributed by atoms with E-state index in [2.05, 4.69) is 15.6 Å². The summed E-state index contributed by atoms with van der Waals surface area (Å²) in [7, 11) is 1.56. The molecule has 2 aromatic carbocycles. The maximum absolute atomic E-state index is 12.2. The van der Waals surface area contributed by atoms with Gasteiger partial charge in [-0.05, 0) is 43.3 Å². The number of carbonyl (C=O) groups is 3. The molecule has 0 radical (unpaired) electrons. The average Bonchev–Trinajstić information content (AvgIpc) is 3.02. The molecule has 150 valence electrons. The van der Waals surface area contributed by atoms with Crippen molar-refractivity contribution in [3.05, 3.63) is 54.1 Å². The van der Waals surface area contributed by atoms with E-state index in [4.69, 9.17) is 4.74 Å². The molecule has 1 aliphatic rings. The van der Waals surface area contributed by atoms with Gasteiger partial charge in [-0.2, -0.15) is 0 Å². The van der Waals surface area contributed by atoms with Gasteiger partial charge in [0.1, 0.15) is 11.0 Å². The Labute approximate surface area is 172 Å². The Bertz CT molecular complexity index is 939. The van der Waals surface area contributed by atoms with Crippen LogP contribution in [0.15, 0.2) is 53.5 Å². The molecule has 0 aromatic heterocycles. The molecule has 2 N–H and O–H groups in total. The van der Waals surface area contributed by atoms with E-state index < -0.39 is 11.2 Å². The van der Waals surface area contributed by atoms with E-state index in [0.717, 1.165) is 17.3 Å². The fraction of sp³-hybridized carbons (Fsp3) is 0.238. The van der Waals surface area contributed by atoms with Crippen molar-refractivity contribution in [3.8, 4) is 5.75 Å². The van der Waals surface area contributed by atoms with Gasteiger partial charge in [-0.15, -0.1) is 0 Å². The predicted octanol–water partition coefficient (Wildman–Crippen LogP) is 3.40. The van der Waals surface area contributed by atoms with Crippen LogP contribution in [0.5, 0.6) is 5.75 Å². The molecule has 0 saturated carbocycles.